The fraction of sp³-hybridized carbons (Fsp3) is 0.111. The molecule has 3 nitrogen and oxygen atoms in total. The minimum Gasteiger partial charge on any atom is -0.250 e. The molecular weight excluding hydrogens is 230 g/mol. The van der Waals surface area contributed by atoms with Gasteiger partial charge in [-0.05, 0) is 5.56 Å². The molecule has 0 aliphatic carbocycles. The lowest BCUT2D eigenvalue weighted by Crippen LogP contribution is -1.93. The van der Waals surface area contributed by atoms with Gasteiger partial charge in [0.05, 0.1) is 16.1 Å². The Morgan fingerprint density at radius 1 is 1.23 bits per heavy atom. The monoisotopic (exact) mass is 237 g/mol. The van der Waals surface area contributed by atoms with Crippen LogP contribution in [0, 0.1) is 0 Å². The van der Waals surface area contributed by atoms with Crippen LogP contribution in [-0.4, -0.2) is 13.8 Å². The molecule has 66 valence electrons. The van der Waals surface area contributed by atoms with Gasteiger partial charge in [0.25, 0.3) is 0 Å². The van der Waals surface area contributed by atoms with Crippen LogP contribution in [0.3, 0.4) is 0 Å². The summed E-state index contributed by atoms with van der Waals surface area (Å²) < 4.78 is 1.75. The van der Waals surface area contributed by atoms with Crippen LogP contribution in [0.5, 0.6) is 0 Å². The SMILES string of the molecule is Brn1cnnc1Cc1ccccc1. The zero-order valence-electron chi connectivity index (χ0n) is 6.89. The molecule has 0 spiro atoms. The maximum atomic E-state index is 3.98. The average Bonchev–Trinajstić information content (AvgIpc) is 2.54. The average molecular weight is 238 g/mol. The molecular formula is C9H8BrN3. The Balaban J connectivity index is 2.20. The first-order valence-electron chi connectivity index (χ1n) is 3.95. The number of halogens is 1. The number of nitrogens with zero attached hydrogens (tertiary/aromatic N) is 3. The predicted octanol–water partition coefficient (Wildman–Crippen LogP) is 2.03. The molecule has 0 amide bonds. The fourth-order valence-corrected chi connectivity index (χ4v) is 1.41. The Hall–Kier alpha value is -1.16. The molecule has 0 N–H and O–H groups in total. The van der Waals surface area contributed by atoms with Crippen molar-refractivity contribution in [1.29, 1.82) is 0 Å². The third kappa shape index (κ3) is 1.95. The van der Waals surface area contributed by atoms with Crippen LogP contribution in [0.2, 0.25) is 0 Å². The molecule has 0 saturated carbocycles. The van der Waals surface area contributed by atoms with Gasteiger partial charge < -0.3 is 0 Å². The second-order valence-electron chi connectivity index (χ2n) is 2.72. The third-order valence-electron chi connectivity index (χ3n) is 1.78. The highest BCUT2D eigenvalue weighted by Crippen LogP contribution is 2.07. The Morgan fingerprint density at radius 2 is 2.00 bits per heavy atom. The van der Waals surface area contributed by atoms with E-state index in [1.807, 2.05) is 18.2 Å². The smallest absolute Gasteiger partial charge is 0.147 e. The molecule has 2 aromatic rings. The first-order valence-corrected chi connectivity index (χ1v) is 4.66. The molecule has 0 unspecified atom stereocenters. The first kappa shape index (κ1) is 8.44. The molecule has 0 saturated heterocycles. The van der Waals surface area contributed by atoms with Crippen LogP contribution in [0.1, 0.15) is 11.4 Å². The molecule has 0 atom stereocenters. The zero-order valence-corrected chi connectivity index (χ0v) is 8.48. The van der Waals surface area contributed by atoms with E-state index in [0.717, 1.165) is 12.2 Å². The summed E-state index contributed by atoms with van der Waals surface area (Å²) in [5.74, 6) is 0.909. The summed E-state index contributed by atoms with van der Waals surface area (Å²) in [6, 6.07) is 10.2. The number of hydrogen-bond acceptors (Lipinski definition) is 2. The summed E-state index contributed by atoms with van der Waals surface area (Å²) in [6.45, 7) is 0. The Bertz CT molecular complexity index is 383. The summed E-state index contributed by atoms with van der Waals surface area (Å²) in [7, 11) is 0. The van der Waals surface area contributed by atoms with Crippen molar-refractivity contribution in [2.45, 2.75) is 6.42 Å². The van der Waals surface area contributed by atoms with Crippen LogP contribution in [0.25, 0.3) is 0 Å². The highest BCUT2D eigenvalue weighted by atomic mass is 79.9. The number of rotatable bonds is 2. The zero-order chi connectivity index (χ0) is 9.10. The van der Waals surface area contributed by atoms with Crippen LogP contribution in [-0.2, 0) is 6.42 Å². The van der Waals surface area contributed by atoms with Crippen molar-refractivity contribution >= 4 is 16.1 Å². The summed E-state index contributed by atoms with van der Waals surface area (Å²) in [6.07, 6.45) is 2.43. The second-order valence-corrected chi connectivity index (χ2v) is 3.48. The van der Waals surface area contributed by atoms with Crippen molar-refractivity contribution in [3.8, 4) is 0 Å². The largest absolute Gasteiger partial charge is 0.250 e. The van der Waals surface area contributed by atoms with Gasteiger partial charge in [-0.3, -0.25) is 0 Å². The van der Waals surface area contributed by atoms with Gasteiger partial charge >= 0.3 is 0 Å². The van der Waals surface area contributed by atoms with Gasteiger partial charge in [-0.2, -0.15) is 0 Å². The molecule has 0 bridgehead atoms. The van der Waals surface area contributed by atoms with Crippen LogP contribution in [0.4, 0.5) is 0 Å². The highest BCUT2D eigenvalue weighted by Gasteiger charge is 2.01. The van der Waals surface area contributed by atoms with E-state index in [0.29, 0.717) is 0 Å². The molecule has 13 heavy (non-hydrogen) atoms. The summed E-state index contributed by atoms with van der Waals surface area (Å²) >= 11 is 3.32. The molecule has 1 aromatic heterocycles. The summed E-state index contributed by atoms with van der Waals surface area (Å²) in [5.41, 5.74) is 1.23. The van der Waals surface area contributed by atoms with E-state index in [1.54, 1.807) is 9.92 Å². The Kier molecular flexibility index (Phi) is 2.40. The van der Waals surface area contributed by atoms with Crippen LogP contribution >= 0.6 is 16.1 Å². The van der Waals surface area contributed by atoms with E-state index in [1.165, 1.54) is 5.56 Å². The van der Waals surface area contributed by atoms with Gasteiger partial charge in [0.15, 0.2) is 0 Å². The Labute approximate surface area is 84.8 Å². The highest BCUT2D eigenvalue weighted by molar-refractivity contribution is 9.08. The van der Waals surface area contributed by atoms with Gasteiger partial charge in [-0.1, -0.05) is 30.3 Å². The molecule has 1 heterocycles. The maximum Gasteiger partial charge on any atom is 0.147 e. The van der Waals surface area contributed by atoms with E-state index < -0.39 is 0 Å². The lowest BCUT2D eigenvalue weighted by Gasteiger charge is -1.98. The quantitative estimate of drug-likeness (QED) is 0.801. The number of aromatic nitrogens is 3. The topological polar surface area (TPSA) is 30.7 Å². The van der Waals surface area contributed by atoms with Gasteiger partial charge in [-0.25, -0.2) is 3.59 Å². The van der Waals surface area contributed by atoms with E-state index in [9.17, 15) is 0 Å². The van der Waals surface area contributed by atoms with Crippen LogP contribution < -0.4 is 0 Å². The van der Waals surface area contributed by atoms with Crippen molar-refractivity contribution < 1.29 is 0 Å². The summed E-state index contributed by atoms with van der Waals surface area (Å²) in [4.78, 5) is 0. The van der Waals surface area contributed by atoms with Crippen molar-refractivity contribution in [2.24, 2.45) is 0 Å². The standard InChI is InChI=1S/C9H8BrN3/c10-13-7-11-12-9(13)6-8-4-2-1-3-5-8/h1-5,7H,6H2. The third-order valence-corrected chi connectivity index (χ3v) is 2.37. The fourth-order valence-electron chi connectivity index (χ4n) is 1.14. The lowest BCUT2D eigenvalue weighted by atomic mass is 10.1. The molecule has 0 fully saturated rings. The predicted molar refractivity (Wildman–Crippen MR) is 53.6 cm³/mol. The van der Waals surface area contributed by atoms with Crippen molar-refractivity contribution in [1.82, 2.24) is 13.8 Å². The van der Waals surface area contributed by atoms with E-state index in [-0.39, 0.29) is 0 Å². The summed E-state index contributed by atoms with van der Waals surface area (Å²) in [5, 5.41) is 7.76. The van der Waals surface area contributed by atoms with E-state index in [2.05, 4.69) is 38.5 Å². The minimum atomic E-state index is 0.798. The van der Waals surface area contributed by atoms with Gasteiger partial charge in [-0.15, -0.1) is 10.2 Å². The van der Waals surface area contributed by atoms with Gasteiger partial charge in [0, 0.05) is 6.42 Å². The van der Waals surface area contributed by atoms with E-state index in [4.69, 9.17) is 0 Å². The Morgan fingerprint density at radius 3 is 2.62 bits per heavy atom. The maximum absolute atomic E-state index is 3.98. The molecule has 0 radical (unpaired) electrons. The van der Waals surface area contributed by atoms with Crippen LogP contribution in [0.15, 0.2) is 36.7 Å². The van der Waals surface area contributed by atoms with Gasteiger partial charge in [0.1, 0.15) is 12.2 Å². The van der Waals surface area contributed by atoms with Gasteiger partial charge in [0.2, 0.25) is 0 Å². The molecule has 0 aliphatic rings. The number of benzene rings is 1. The lowest BCUT2D eigenvalue weighted by molar-refractivity contribution is 0.962. The number of hydrogen-bond donors (Lipinski definition) is 0. The van der Waals surface area contributed by atoms with Crippen molar-refractivity contribution in [3.63, 3.8) is 0 Å². The van der Waals surface area contributed by atoms with Crippen molar-refractivity contribution in [3.05, 3.63) is 48.0 Å². The van der Waals surface area contributed by atoms with Crippen molar-refractivity contribution in [2.75, 3.05) is 0 Å². The molecule has 1 aromatic carbocycles. The first-order chi connectivity index (χ1) is 6.36. The second kappa shape index (κ2) is 3.70. The molecule has 0 aliphatic heterocycles. The minimum absolute atomic E-state index is 0.798. The normalized spacial score (nSPS) is 10.2. The van der Waals surface area contributed by atoms with E-state index >= 15 is 0 Å². The molecule has 2 rings (SSSR count). The molecule has 4 heteroatoms.